The molecule has 3 N–H and O–H groups in total. The molecule has 164 valence electrons. The van der Waals surface area contributed by atoms with E-state index in [0.717, 1.165) is 23.4 Å². The van der Waals surface area contributed by atoms with Crippen molar-refractivity contribution in [3.8, 4) is 33.3 Å². The SMILES string of the molecule is Nc1ncc(-c2ccc(S(=O)(=O)C3CCCNC3)cc2)nc1-c1cc(-c2cccs2)no1. The van der Waals surface area contributed by atoms with Crippen molar-refractivity contribution >= 4 is 27.0 Å². The van der Waals surface area contributed by atoms with Crippen LogP contribution in [0.25, 0.3) is 33.3 Å². The molecule has 0 radical (unpaired) electrons. The minimum atomic E-state index is -3.38. The molecule has 1 aromatic carbocycles. The molecule has 1 fully saturated rings. The van der Waals surface area contributed by atoms with E-state index >= 15 is 0 Å². The summed E-state index contributed by atoms with van der Waals surface area (Å²) in [7, 11) is -3.38. The number of thiophene rings is 1. The van der Waals surface area contributed by atoms with E-state index in [1.165, 1.54) is 0 Å². The average molecular weight is 468 g/mol. The van der Waals surface area contributed by atoms with Crippen LogP contribution in [0.1, 0.15) is 12.8 Å². The summed E-state index contributed by atoms with van der Waals surface area (Å²) in [5.74, 6) is 0.649. The molecule has 3 aromatic heterocycles. The molecule has 0 amide bonds. The van der Waals surface area contributed by atoms with Crippen molar-refractivity contribution in [2.75, 3.05) is 18.8 Å². The predicted molar refractivity (Wildman–Crippen MR) is 124 cm³/mol. The lowest BCUT2D eigenvalue weighted by atomic mass is 10.1. The van der Waals surface area contributed by atoms with Gasteiger partial charge >= 0.3 is 0 Å². The van der Waals surface area contributed by atoms with Crippen LogP contribution in [-0.2, 0) is 9.84 Å². The van der Waals surface area contributed by atoms with Crippen molar-refractivity contribution in [3.63, 3.8) is 0 Å². The highest BCUT2D eigenvalue weighted by atomic mass is 32.2. The average Bonchev–Trinajstić information content (AvgIpc) is 3.52. The second-order valence-corrected chi connectivity index (χ2v) is 10.8. The number of rotatable bonds is 5. The van der Waals surface area contributed by atoms with Crippen molar-refractivity contribution < 1.29 is 12.9 Å². The number of anilines is 1. The molecule has 32 heavy (non-hydrogen) atoms. The van der Waals surface area contributed by atoms with Gasteiger partial charge in [0.25, 0.3) is 0 Å². The number of nitrogens with one attached hydrogen (secondary N) is 1. The van der Waals surface area contributed by atoms with Crippen molar-refractivity contribution in [1.29, 1.82) is 0 Å². The van der Waals surface area contributed by atoms with E-state index in [9.17, 15) is 8.42 Å². The summed E-state index contributed by atoms with van der Waals surface area (Å²) in [5, 5.41) is 8.84. The van der Waals surface area contributed by atoms with Crippen molar-refractivity contribution in [3.05, 3.63) is 54.0 Å². The molecule has 5 rings (SSSR count). The van der Waals surface area contributed by atoms with E-state index in [-0.39, 0.29) is 5.82 Å². The number of nitrogens with zero attached hydrogens (tertiary/aromatic N) is 3. The summed E-state index contributed by atoms with van der Waals surface area (Å²) in [6.07, 6.45) is 3.10. The molecule has 1 aliphatic rings. The van der Waals surface area contributed by atoms with E-state index in [1.807, 2.05) is 17.5 Å². The van der Waals surface area contributed by atoms with E-state index in [4.69, 9.17) is 10.3 Å². The van der Waals surface area contributed by atoms with Crippen molar-refractivity contribution in [2.24, 2.45) is 0 Å². The van der Waals surface area contributed by atoms with Crippen molar-refractivity contribution in [2.45, 2.75) is 23.0 Å². The highest BCUT2D eigenvalue weighted by Gasteiger charge is 2.28. The summed E-state index contributed by atoms with van der Waals surface area (Å²) in [6, 6.07) is 12.4. The van der Waals surface area contributed by atoms with Crippen LogP contribution in [0.15, 0.2) is 63.5 Å². The second kappa shape index (κ2) is 8.45. The molecular formula is C22H21N5O3S2. The Hall–Kier alpha value is -3.08. The normalized spacial score (nSPS) is 16.8. The molecule has 1 saturated heterocycles. The molecular weight excluding hydrogens is 446 g/mol. The lowest BCUT2D eigenvalue weighted by Crippen LogP contribution is -2.38. The summed E-state index contributed by atoms with van der Waals surface area (Å²) >= 11 is 1.56. The number of nitrogen functional groups attached to an aromatic ring is 1. The lowest BCUT2D eigenvalue weighted by Gasteiger charge is -2.22. The topological polar surface area (TPSA) is 124 Å². The maximum atomic E-state index is 12.9. The minimum absolute atomic E-state index is 0.228. The zero-order valence-electron chi connectivity index (χ0n) is 17.1. The Kier molecular flexibility index (Phi) is 5.50. The fourth-order valence-electron chi connectivity index (χ4n) is 3.74. The van der Waals surface area contributed by atoms with E-state index in [2.05, 4.69) is 20.4 Å². The first-order chi connectivity index (χ1) is 15.5. The highest BCUT2D eigenvalue weighted by Crippen LogP contribution is 2.31. The molecule has 1 aliphatic heterocycles. The number of hydrogen-bond acceptors (Lipinski definition) is 9. The van der Waals surface area contributed by atoms with Crippen LogP contribution in [0.5, 0.6) is 0 Å². The number of piperidine rings is 1. The molecule has 10 heteroatoms. The van der Waals surface area contributed by atoms with Crippen LogP contribution in [-0.4, -0.2) is 41.9 Å². The summed E-state index contributed by atoms with van der Waals surface area (Å²) in [4.78, 5) is 10.2. The zero-order valence-corrected chi connectivity index (χ0v) is 18.7. The Morgan fingerprint density at radius 2 is 2.00 bits per heavy atom. The van der Waals surface area contributed by atoms with Gasteiger partial charge in [0.2, 0.25) is 0 Å². The standard InChI is InChI=1S/C22H21N5O3S2/c23-22-21(19-11-17(27-30-19)20-4-2-10-31-20)26-18(13-25-22)14-5-7-15(8-6-14)32(28,29)16-3-1-9-24-12-16/h2,4-8,10-11,13,16,24H,1,3,9,12H2,(H2,23,25). The monoisotopic (exact) mass is 467 g/mol. The van der Waals surface area contributed by atoms with Gasteiger partial charge in [0.05, 0.1) is 26.9 Å². The third-order valence-electron chi connectivity index (χ3n) is 5.49. The molecule has 4 aromatic rings. The van der Waals surface area contributed by atoms with Gasteiger partial charge in [-0.2, -0.15) is 0 Å². The van der Waals surface area contributed by atoms with Gasteiger partial charge in [0.1, 0.15) is 5.69 Å². The minimum Gasteiger partial charge on any atom is -0.382 e. The van der Waals surface area contributed by atoms with E-state index in [1.54, 1.807) is 47.9 Å². The molecule has 0 saturated carbocycles. The van der Waals surface area contributed by atoms with Gasteiger partial charge in [0.15, 0.2) is 27.1 Å². The number of nitrogens with two attached hydrogens (primary N) is 1. The zero-order chi connectivity index (χ0) is 22.1. The maximum absolute atomic E-state index is 12.9. The fourth-order valence-corrected chi connectivity index (χ4v) is 6.13. The van der Waals surface area contributed by atoms with Gasteiger partial charge in [-0.25, -0.2) is 18.4 Å². The highest BCUT2D eigenvalue weighted by molar-refractivity contribution is 7.92. The van der Waals surface area contributed by atoms with Gasteiger partial charge in [-0.05, 0) is 43.0 Å². The second-order valence-electron chi connectivity index (χ2n) is 7.58. The molecule has 1 unspecified atom stereocenters. The Morgan fingerprint density at radius 1 is 1.16 bits per heavy atom. The van der Waals surface area contributed by atoms with Crippen LogP contribution in [0.4, 0.5) is 5.82 Å². The van der Waals surface area contributed by atoms with Crippen LogP contribution in [0.3, 0.4) is 0 Å². The van der Waals surface area contributed by atoms with Crippen LogP contribution < -0.4 is 11.1 Å². The Labute approximate surface area is 189 Å². The molecule has 0 bridgehead atoms. The van der Waals surface area contributed by atoms with Gasteiger partial charge in [-0.3, -0.25) is 0 Å². The smallest absolute Gasteiger partial charge is 0.189 e. The first-order valence-corrected chi connectivity index (χ1v) is 12.6. The molecule has 1 atom stereocenters. The summed E-state index contributed by atoms with van der Waals surface area (Å²) in [5.41, 5.74) is 8.44. The molecule has 0 aliphatic carbocycles. The van der Waals surface area contributed by atoms with Gasteiger partial charge < -0.3 is 15.6 Å². The Bertz CT molecular complexity index is 1330. The first-order valence-electron chi connectivity index (χ1n) is 10.2. The number of hydrogen-bond donors (Lipinski definition) is 2. The van der Waals surface area contributed by atoms with Gasteiger partial charge in [0, 0.05) is 18.2 Å². The first kappa shape index (κ1) is 20.8. The van der Waals surface area contributed by atoms with Crippen LogP contribution in [0.2, 0.25) is 0 Å². The number of benzene rings is 1. The molecule has 8 nitrogen and oxygen atoms in total. The summed E-state index contributed by atoms with van der Waals surface area (Å²) < 4.78 is 31.3. The Balaban J connectivity index is 1.43. The lowest BCUT2D eigenvalue weighted by molar-refractivity contribution is 0.434. The third-order valence-corrected chi connectivity index (χ3v) is 8.59. The summed E-state index contributed by atoms with van der Waals surface area (Å²) in [6.45, 7) is 1.35. The molecule has 4 heterocycles. The molecule has 0 spiro atoms. The van der Waals surface area contributed by atoms with Gasteiger partial charge in [-0.1, -0.05) is 23.4 Å². The number of aromatic nitrogens is 3. The van der Waals surface area contributed by atoms with Crippen molar-refractivity contribution in [1.82, 2.24) is 20.4 Å². The Morgan fingerprint density at radius 3 is 2.72 bits per heavy atom. The quantitative estimate of drug-likeness (QED) is 0.456. The van der Waals surface area contributed by atoms with Crippen LogP contribution >= 0.6 is 11.3 Å². The van der Waals surface area contributed by atoms with E-state index in [0.29, 0.717) is 40.7 Å². The largest absolute Gasteiger partial charge is 0.382 e. The van der Waals surface area contributed by atoms with E-state index < -0.39 is 15.1 Å². The predicted octanol–water partition coefficient (Wildman–Crippen LogP) is 3.64. The fraction of sp³-hybridized carbons (Fsp3) is 0.227. The number of sulfone groups is 1. The maximum Gasteiger partial charge on any atom is 0.189 e. The van der Waals surface area contributed by atoms with Gasteiger partial charge in [-0.15, -0.1) is 11.3 Å². The van der Waals surface area contributed by atoms with Crippen LogP contribution in [0, 0.1) is 0 Å². The third kappa shape index (κ3) is 3.92.